The molecule has 0 radical (unpaired) electrons. The van der Waals surface area contributed by atoms with Gasteiger partial charge in [-0.1, -0.05) is 43.4 Å². The van der Waals surface area contributed by atoms with Crippen molar-refractivity contribution in [3.05, 3.63) is 65.0 Å². The molecule has 0 saturated heterocycles. The van der Waals surface area contributed by atoms with Gasteiger partial charge in [0.05, 0.1) is 13.2 Å². The minimum Gasteiger partial charge on any atom is -0.491 e. The number of aliphatic hydroxyl groups excluding tert-OH is 1. The second-order valence-electron chi connectivity index (χ2n) is 9.84. The SMILES string of the molecule is Cc1c(C#Cc2cc(OCC3CCCCC3)c(CNCCO)nn2)cccc1-c1ccc2c(c1)OCCO2. The summed E-state index contributed by atoms with van der Waals surface area (Å²) < 4.78 is 17.7. The lowest BCUT2D eigenvalue weighted by Crippen LogP contribution is -2.21. The van der Waals surface area contributed by atoms with Gasteiger partial charge < -0.3 is 24.6 Å². The number of aliphatic hydroxyl groups is 1. The van der Waals surface area contributed by atoms with Crippen LogP contribution in [0.4, 0.5) is 0 Å². The van der Waals surface area contributed by atoms with Gasteiger partial charge in [-0.3, -0.25) is 0 Å². The van der Waals surface area contributed by atoms with Crippen molar-refractivity contribution in [2.75, 3.05) is 33.0 Å². The number of hydrogen-bond acceptors (Lipinski definition) is 7. The first-order chi connectivity index (χ1) is 18.7. The Labute approximate surface area is 224 Å². The fourth-order valence-corrected chi connectivity index (χ4v) is 4.98. The van der Waals surface area contributed by atoms with E-state index in [-0.39, 0.29) is 6.61 Å². The zero-order valence-corrected chi connectivity index (χ0v) is 22.0. The maximum Gasteiger partial charge on any atom is 0.161 e. The fourth-order valence-electron chi connectivity index (χ4n) is 4.98. The predicted octanol–water partition coefficient (Wildman–Crippen LogP) is 4.66. The molecule has 1 saturated carbocycles. The van der Waals surface area contributed by atoms with E-state index in [4.69, 9.17) is 19.3 Å². The molecule has 7 heteroatoms. The standard InChI is InChI=1S/C31H35N3O4/c1-22-24(8-5-9-27(22)25-11-13-29-31(18-25)37-17-16-36-29)10-12-26-19-30(28(34-33-26)20-32-14-15-35)38-21-23-6-3-2-4-7-23/h5,8-9,11,13,18-19,23,32,35H,2-4,6-7,14-17,20-21H2,1H3. The van der Waals surface area contributed by atoms with Crippen molar-refractivity contribution < 1.29 is 19.3 Å². The summed E-state index contributed by atoms with van der Waals surface area (Å²) in [6.07, 6.45) is 6.28. The average molecular weight is 514 g/mol. The Bertz CT molecular complexity index is 1310. The van der Waals surface area contributed by atoms with Crippen molar-refractivity contribution in [2.24, 2.45) is 5.92 Å². The molecule has 0 unspecified atom stereocenters. The zero-order valence-electron chi connectivity index (χ0n) is 22.0. The quantitative estimate of drug-likeness (QED) is 0.335. The molecule has 1 fully saturated rings. The summed E-state index contributed by atoms with van der Waals surface area (Å²) >= 11 is 0. The normalized spacial score (nSPS) is 15.0. The van der Waals surface area contributed by atoms with Crippen LogP contribution in [-0.4, -0.2) is 48.3 Å². The number of nitrogens with one attached hydrogen (secondary N) is 1. The lowest BCUT2D eigenvalue weighted by Gasteiger charge is -2.22. The van der Waals surface area contributed by atoms with Gasteiger partial charge in [-0.15, -0.1) is 10.2 Å². The van der Waals surface area contributed by atoms with Gasteiger partial charge >= 0.3 is 0 Å². The van der Waals surface area contributed by atoms with Gasteiger partial charge in [0.15, 0.2) is 11.5 Å². The summed E-state index contributed by atoms with van der Waals surface area (Å²) in [5, 5.41) is 21.0. The van der Waals surface area contributed by atoms with Gasteiger partial charge in [0.2, 0.25) is 0 Å². The third-order valence-corrected chi connectivity index (χ3v) is 7.12. The zero-order chi connectivity index (χ0) is 26.2. The predicted molar refractivity (Wildman–Crippen MR) is 146 cm³/mol. The molecule has 1 aromatic heterocycles. The maximum absolute atomic E-state index is 9.12. The molecule has 5 rings (SSSR count). The van der Waals surface area contributed by atoms with Gasteiger partial charge in [0.1, 0.15) is 30.4 Å². The van der Waals surface area contributed by atoms with Crippen LogP contribution in [0.15, 0.2) is 42.5 Å². The van der Waals surface area contributed by atoms with E-state index in [0.717, 1.165) is 39.4 Å². The third-order valence-electron chi connectivity index (χ3n) is 7.12. The molecule has 2 aromatic carbocycles. The third kappa shape index (κ3) is 6.45. The monoisotopic (exact) mass is 513 g/mol. The Morgan fingerprint density at radius 1 is 1.00 bits per heavy atom. The van der Waals surface area contributed by atoms with Crippen molar-refractivity contribution in [3.63, 3.8) is 0 Å². The van der Waals surface area contributed by atoms with E-state index in [2.05, 4.69) is 46.4 Å². The Balaban J connectivity index is 1.37. The van der Waals surface area contributed by atoms with E-state index >= 15 is 0 Å². The Morgan fingerprint density at radius 2 is 1.84 bits per heavy atom. The van der Waals surface area contributed by atoms with Crippen LogP contribution in [0.2, 0.25) is 0 Å². The Kier molecular flexibility index (Phi) is 8.75. The minimum atomic E-state index is 0.0694. The number of aromatic nitrogens is 2. The first kappa shape index (κ1) is 26.0. The highest BCUT2D eigenvalue weighted by molar-refractivity contribution is 5.72. The Hall–Kier alpha value is -3.60. The van der Waals surface area contributed by atoms with Crippen LogP contribution in [0.5, 0.6) is 17.2 Å². The molecule has 0 spiro atoms. The molecule has 2 heterocycles. The first-order valence-corrected chi connectivity index (χ1v) is 13.5. The number of ether oxygens (including phenoxy) is 3. The smallest absolute Gasteiger partial charge is 0.161 e. The number of rotatable bonds is 8. The van der Waals surface area contributed by atoms with Gasteiger partial charge in [-0.05, 0) is 66.5 Å². The molecule has 2 N–H and O–H groups in total. The van der Waals surface area contributed by atoms with E-state index < -0.39 is 0 Å². The van der Waals surface area contributed by atoms with Crippen LogP contribution in [0, 0.1) is 24.7 Å². The van der Waals surface area contributed by atoms with Crippen LogP contribution in [0.3, 0.4) is 0 Å². The van der Waals surface area contributed by atoms with Gasteiger partial charge in [0.25, 0.3) is 0 Å². The summed E-state index contributed by atoms with van der Waals surface area (Å²) in [5.74, 6) is 9.33. The molecule has 1 aliphatic carbocycles. The largest absolute Gasteiger partial charge is 0.491 e. The van der Waals surface area contributed by atoms with Crippen molar-refractivity contribution >= 4 is 0 Å². The first-order valence-electron chi connectivity index (χ1n) is 13.5. The molecule has 3 aromatic rings. The van der Waals surface area contributed by atoms with E-state index in [1.54, 1.807) is 0 Å². The van der Waals surface area contributed by atoms with Crippen molar-refractivity contribution in [2.45, 2.75) is 45.6 Å². The van der Waals surface area contributed by atoms with E-state index in [1.165, 1.54) is 32.1 Å². The van der Waals surface area contributed by atoms with Crippen LogP contribution in [-0.2, 0) is 6.54 Å². The van der Waals surface area contributed by atoms with Gasteiger partial charge in [-0.25, -0.2) is 0 Å². The van der Waals surface area contributed by atoms with Crippen LogP contribution in [0.25, 0.3) is 11.1 Å². The molecular formula is C31H35N3O4. The molecule has 38 heavy (non-hydrogen) atoms. The number of nitrogens with zero attached hydrogens (tertiary/aromatic N) is 2. The number of fused-ring (bicyclic) bond motifs is 1. The molecular weight excluding hydrogens is 478 g/mol. The molecule has 7 nitrogen and oxygen atoms in total. The highest BCUT2D eigenvalue weighted by Gasteiger charge is 2.17. The summed E-state index contributed by atoms with van der Waals surface area (Å²) in [4.78, 5) is 0. The van der Waals surface area contributed by atoms with Crippen LogP contribution in [0.1, 0.15) is 54.6 Å². The topological polar surface area (TPSA) is 85.7 Å². The van der Waals surface area contributed by atoms with Crippen LogP contribution < -0.4 is 19.5 Å². The number of hydrogen-bond donors (Lipinski definition) is 2. The van der Waals surface area contributed by atoms with Crippen molar-refractivity contribution in [1.82, 2.24) is 15.5 Å². The number of benzene rings is 2. The molecule has 198 valence electrons. The molecule has 0 amide bonds. The van der Waals surface area contributed by atoms with Gasteiger partial charge in [0, 0.05) is 24.7 Å². The highest BCUT2D eigenvalue weighted by Crippen LogP contribution is 2.36. The average Bonchev–Trinajstić information content (AvgIpc) is 2.96. The van der Waals surface area contributed by atoms with Gasteiger partial charge in [-0.2, -0.15) is 0 Å². The van der Waals surface area contributed by atoms with E-state index in [0.29, 0.717) is 50.3 Å². The molecule has 1 aliphatic heterocycles. The molecule has 2 aliphatic rings. The minimum absolute atomic E-state index is 0.0694. The van der Waals surface area contributed by atoms with Crippen molar-refractivity contribution in [3.8, 4) is 40.2 Å². The lowest BCUT2D eigenvalue weighted by atomic mass is 9.90. The molecule has 0 bridgehead atoms. The summed E-state index contributed by atoms with van der Waals surface area (Å²) in [7, 11) is 0. The van der Waals surface area contributed by atoms with Crippen LogP contribution >= 0.6 is 0 Å². The van der Waals surface area contributed by atoms with Crippen molar-refractivity contribution in [1.29, 1.82) is 0 Å². The second-order valence-corrected chi connectivity index (χ2v) is 9.84. The lowest BCUT2D eigenvalue weighted by molar-refractivity contribution is 0.171. The Morgan fingerprint density at radius 3 is 2.68 bits per heavy atom. The highest BCUT2D eigenvalue weighted by atomic mass is 16.6. The summed E-state index contributed by atoms with van der Waals surface area (Å²) in [6.45, 7) is 4.94. The molecule has 0 atom stereocenters. The van der Waals surface area contributed by atoms with E-state index in [9.17, 15) is 0 Å². The second kappa shape index (κ2) is 12.8. The van der Waals surface area contributed by atoms with E-state index in [1.807, 2.05) is 30.3 Å². The summed E-state index contributed by atoms with van der Waals surface area (Å²) in [5.41, 5.74) is 5.48. The maximum atomic E-state index is 9.12. The summed E-state index contributed by atoms with van der Waals surface area (Å²) in [6, 6.07) is 14.1. The fraction of sp³-hybridized carbons (Fsp3) is 0.419.